The zero-order valence-electron chi connectivity index (χ0n) is 34.1. The van der Waals surface area contributed by atoms with Crippen LogP contribution in [0.25, 0.3) is 11.1 Å². The maximum Gasteiger partial charge on any atom is 0.461 e. The highest BCUT2D eigenvalue weighted by molar-refractivity contribution is 7.99. The summed E-state index contributed by atoms with van der Waals surface area (Å²) in [5.74, 6) is -8.24. The molecule has 0 unspecified atom stereocenters. The topological polar surface area (TPSA) is 137 Å². The molecule has 0 bridgehead atoms. The molecule has 0 radical (unpaired) electrons. The molecule has 64 heavy (non-hydrogen) atoms. The zero-order chi connectivity index (χ0) is 46.9. The van der Waals surface area contributed by atoms with Gasteiger partial charge in [0.25, 0.3) is 25.8 Å². The van der Waals surface area contributed by atoms with Crippen LogP contribution in [0.1, 0.15) is 22.3 Å². The highest BCUT2D eigenvalue weighted by atomic mass is 35.5. The molecule has 5 aromatic carbocycles. The van der Waals surface area contributed by atoms with Crippen molar-refractivity contribution in [2.24, 2.45) is 0 Å². The summed E-state index contributed by atoms with van der Waals surface area (Å²) in [6, 6.07) is 30.0. The SMILES string of the molecule is CN(C)CC[C@H](CSc1ccccc1)Nc1ccc(S(=O)(=O)NC(=O)c2ccc(NCCNCc3ccccc3-c3ccc(Cl)cc3)cc2)cc1S(=O)(=O)C(F)(F)C(F)(F)C(F)(F)F. The van der Waals surface area contributed by atoms with E-state index in [1.165, 1.54) is 36.0 Å². The Balaban J connectivity index is 1.32. The lowest BCUT2D eigenvalue weighted by Crippen LogP contribution is -2.56. The molecule has 0 aromatic heterocycles. The standard InChI is InChI=1S/C43H43ClF7N5O5S3/c1-56(2)25-22-34(28-62-35-9-4-3-5-10-35)54-38-21-20-36(26-39(38)63(58,59)43(50,51)41(45,46)42(47,48)49)64(60,61)55-40(57)30-14-18-33(19-15-30)53-24-23-52-27-31-8-6-7-11-37(31)29-12-16-32(44)17-13-29/h3-21,26,34,52-54H,22-25,27-28H2,1-2H3,(H,55,57)/t34-/m1/s1. The van der Waals surface area contributed by atoms with E-state index in [0.717, 1.165) is 21.6 Å². The molecule has 0 saturated heterocycles. The fourth-order valence-electron chi connectivity index (χ4n) is 6.11. The molecule has 0 heterocycles. The summed E-state index contributed by atoms with van der Waals surface area (Å²) in [6.45, 7) is 1.83. The second-order valence-electron chi connectivity index (χ2n) is 14.6. The molecule has 0 aliphatic carbocycles. The van der Waals surface area contributed by atoms with E-state index in [9.17, 15) is 43.6 Å². The van der Waals surface area contributed by atoms with Crippen LogP contribution in [-0.2, 0) is 26.4 Å². The van der Waals surface area contributed by atoms with Gasteiger partial charge in [-0.05, 0) is 110 Å². The minimum absolute atomic E-state index is 0.0122. The summed E-state index contributed by atoms with van der Waals surface area (Å²) in [5, 5.41) is 2.95. The summed E-state index contributed by atoms with van der Waals surface area (Å²) in [6.07, 6.45) is -6.84. The Morgan fingerprint density at radius 2 is 1.42 bits per heavy atom. The van der Waals surface area contributed by atoms with Gasteiger partial charge in [0.05, 0.1) is 15.5 Å². The third-order valence-corrected chi connectivity index (χ3v) is 14.2. The third-order valence-electron chi connectivity index (χ3n) is 9.58. The predicted molar refractivity (Wildman–Crippen MR) is 236 cm³/mol. The number of thioether (sulfide) groups is 1. The Bertz CT molecular complexity index is 2590. The number of amides is 1. The molecule has 0 aliphatic heterocycles. The van der Waals surface area contributed by atoms with Crippen LogP contribution >= 0.6 is 23.4 Å². The van der Waals surface area contributed by atoms with Gasteiger partial charge < -0.3 is 20.9 Å². The maximum absolute atomic E-state index is 15.1. The molecular weight excluding hydrogens is 931 g/mol. The quantitative estimate of drug-likeness (QED) is 0.0320. The van der Waals surface area contributed by atoms with Gasteiger partial charge in [-0.1, -0.05) is 66.2 Å². The first kappa shape index (κ1) is 50.1. The van der Waals surface area contributed by atoms with Crippen LogP contribution in [0, 0.1) is 0 Å². The monoisotopic (exact) mass is 973 g/mol. The van der Waals surface area contributed by atoms with E-state index < -0.39 is 64.6 Å². The van der Waals surface area contributed by atoms with Crippen molar-refractivity contribution < 1.29 is 52.4 Å². The summed E-state index contributed by atoms with van der Waals surface area (Å²) in [4.78, 5) is 12.5. The molecule has 0 fully saturated rings. The van der Waals surface area contributed by atoms with Gasteiger partial charge in [-0.3, -0.25) is 4.79 Å². The Hall–Kier alpha value is -4.86. The number of hydrogen-bond donors (Lipinski definition) is 4. The molecule has 0 aliphatic rings. The van der Waals surface area contributed by atoms with Crippen LogP contribution in [0.5, 0.6) is 0 Å². The predicted octanol–water partition coefficient (Wildman–Crippen LogP) is 9.42. The lowest BCUT2D eigenvalue weighted by Gasteiger charge is -2.29. The number of rotatable bonds is 21. The Morgan fingerprint density at radius 1 is 0.781 bits per heavy atom. The van der Waals surface area contributed by atoms with Crippen molar-refractivity contribution in [3.05, 3.63) is 137 Å². The van der Waals surface area contributed by atoms with Crippen molar-refractivity contribution in [2.75, 3.05) is 50.1 Å². The number of anilines is 2. The number of sulfonamides is 1. The van der Waals surface area contributed by atoms with Gasteiger partial charge in [-0.25, -0.2) is 21.6 Å². The number of alkyl halides is 7. The van der Waals surface area contributed by atoms with Crippen LogP contribution in [-0.4, -0.2) is 90.5 Å². The van der Waals surface area contributed by atoms with Gasteiger partial charge in [-0.15, -0.1) is 11.8 Å². The highest BCUT2D eigenvalue weighted by Gasteiger charge is 2.79. The summed E-state index contributed by atoms with van der Waals surface area (Å²) >= 11 is 7.28. The zero-order valence-corrected chi connectivity index (χ0v) is 37.3. The van der Waals surface area contributed by atoms with Crippen LogP contribution in [0.2, 0.25) is 5.02 Å². The van der Waals surface area contributed by atoms with Gasteiger partial charge in [-0.2, -0.15) is 30.7 Å². The third kappa shape index (κ3) is 12.3. The van der Waals surface area contributed by atoms with Crippen molar-refractivity contribution in [3.8, 4) is 11.1 Å². The first-order valence-corrected chi connectivity index (χ1v) is 23.6. The van der Waals surface area contributed by atoms with Gasteiger partial charge in [0.15, 0.2) is 0 Å². The smallest absolute Gasteiger partial charge is 0.384 e. The molecule has 344 valence electrons. The number of carbonyl (C=O) groups is 1. The number of halogens is 8. The van der Waals surface area contributed by atoms with Crippen LogP contribution < -0.4 is 20.7 Å². The van der Waals surface area contributed by atoms with E-state index in [1.807, 2.05) is 48.5 Å². The number of nitrogens with zero attached hydrogens (tertiary/aromatic N) is 1. The minimum Gasteiger partial charge on any atom is -0.384 e. The number of benzene rings is 5. The van der Waals surface area contributed by atoms with E-state index >= 15 is 8.78 Å². The first-order valence-electron chi connectivity index (χ1n) is 19.3. The largest absolute Gasteiger partial charge is 0.461 e. The van der Waals surface area contributed by atoms with Crippen LogP contribution in [0.15, 0.2) is 136 Å². The number of hydrogen-bond acceptors (Lipinski definition) is 10. The molecule has 5 rings (SSSR count). The Kier molecular flexibility index (Phi) is 16.4. The molecule has 10 nitrogen and oxygen atoms in total. The molecule has 1 amide bonds. The lowest BCUT2D eigenvalue weighted by atomic mass is 10.00. The van der Waals surface area contributed by atoms with Crippen molar-refractivity contribution in [1.82, 2.24) is 14.9 Å². The molecule has 5 aromatic rings. The van der Waals surface area contributed by atoms with E-state index in [-0.39, 0.29) is 23.8 Å². The van der Waals surface area contributed by atoms with Crippen molar-refractivity contribution >= 4 is 60.5 Å². The average Bonchev–Trinajstić information content (AvgIpc) is 3.24. The van der Waals surface area contributed by atoms with Crippen molar-refractivity contribution in [2.45, 2.75) is 51.0 Å². The lowest BCUT2D eigenvalue weighted by molar-refractivity contribution is -0.332. The second kappa shape index (κ2) is 21.0. The second-order valence-corrected chi connectivity index (χ2v) is 19.8. The molecular formula is C43H43ClF7N5O5S3. The van der Waals surface area contributed by atoms with Crippen molar-refractivity contribution in [1.29, 1.82) is 0 Å². The Morgan fingerprint density at radius 3 is 2.06 bits per heavy atom. The normalized spacial score (nSPS) is 13.1. The molecule has 0 saturated carbocycles. The summed E-state index contributed by atoms with van der Waals surface area (Å²) < 4.78 is 154. The summed E-state index contributed by atoms with van der Waals surface area (Å²) in [5.41, 5.74) is 2.55. The number of sulfone groups is 1. The van der Waals surface area contributed by atoms with Crippen LogP contribution in [0.3, 0.4) is 0 Å². The van der Waals surface area contributed by atoms with E-state index in [1.54, 1.807) is 54.0 Å². The van der Waals surface area contributed by atoms with Gasteiger partial charge in [0.2, 0.25) is 0 Å². The summed E-state index contributed by atoms with van der Waals surface area (Å²) in [7, 11) is -8.82. The molecule has 1 atom stereocenters. The van der Waals surface area contributed by atoms with Crippen molar-refractivity contribution in [3.63, 3.8) is 0 Å². The van der Waals surface area contributed by atoms with Gasteiger partial charge in [0.1, 0.15) is 0 Å². The molecule has 21 heteroatoms. The minimum atomic E-state index is -7.10. The van der Waals surface area contributed by atoms with Crippen LogP contribution in [0.4, 0.5) is 42.1 Å². The number of carbonyl (C=O) groups excluding carboxylic acids is 1. The maximum atomic E-state index is 15.1. The average molecular weight is 974 g/mol. The van der Waals surface area contributed by atoms with E-state index in [0.29, 0.717) is 49.0 Å². The van der Waals surface area contributed by atoms with Gasteiger partial charge >= 0.3 is 17.4 Å². The van der Waals surface area contributed by atoms with E-state index in [2.05, 4.69) is 16.0 Å². The highest BCUT2D eigenvalue weighted by Crippen LogP contribution is 2.52. The number of nitrogens with one attached hydrogen (secondary N) is 4. The van der Waals surface area contributed by atoms with E-state index in [4.69, 9.17) is 11.6 Å². The fraction of sp³-hybridized carbons (Fsp3) is 0.279. The molecule has 4 N–H and O–H groups in total. The molecule has 0 spiro atoms. The Labute approximate surface area is 375 Å². The fourth-order valence-corrected chi connectivity index (χ4v) is 9.73. The first-order chi connectivity index (χ1) is 30.0. The van der Waals surface area contributed by atoms with Gasteiger partial charge in [0, 0.05) is 52.6 Å².